The fourth-order valence-electron chi connectivity index (χ4n) is 3.75. The van der Waals surface area contributed by atoms with Crippen LogP contribution in [0.3, 0.4) is 0 Å². The van der Waals surface area contributed by atoms with Gasteiger partial charge in [0.05, 0.1) is 11.6 Å². The number of carbonyl (C=O) groups excluding carboxylic acids is 1. The predicted molar refractivity (Wildman–Crippen MR) is 84.5 cm³/mol. The highest BCUT2D eigenvalue weighted by atomic mass is 16.1. The van der Waals surface area contributed by atoms with Crippen LogP contribution in [0.1, 0.15) is 35.2 Å². The summed E-state index contributed by atoms with van der Waals surface area (Å²) >= 11 is 0. The van der Waals surface area contributed by atoms with Crippen molar-refractivity contribution in [1.29, 1.82) is 5.26 Å². The molecule has 2 saturated heterocycles. The molecule has 2 heterocycles. The molecule has 0 spiro atoms. The summed E-state index contributed by atoms with van der Waals surface area (Å²) in [6.07, 6.45) is 3.39. The van der Waals surface area contributed by atoms with Gasteiger partial charge in [0.15, 0.2) is 0 Å². The minimum atomic E-state index is -0.0472. The average molecular weight is 291 g/mol. The van der Waals surface area contributed by atoms with Crippen molar-refractivity contribution in [1.82, 2.24) is 10.6 Å². The second kappa shape index (κ2) is 5.11. The van der Waals surface area contributed by atoms with E-state index in [0.717, 1.165) is 23.6 Å². The number of hydrogen-bond acceptors (Lipinski definition) is 3. The third-order valence-electron chi connectivity index (χ3n) is 4.88. The summed E-state index contributed by atoms with van der Waals surface area (Å²) < 4.78 is 0. The molecule has 2 bridgehead atoms. The van der Waals surface area contributed by atoms with Crippen LogP contribution in [-0.2, 0) is 0 Å². The Morgan fingerprint density at radius 2 is 2.18 bits per heavy atom. The lowest BCUT2D eigenvalue weighted by Gasteiger charge is -2.21. The molecule has 4 heteroatoms. The highest BCUT2D eigenvalue weighted by Crippen LogP contribution is 2.28. The molecule has 0 aromatic heterocycles. The number of rotatable bonds is 2. The Hall–Kier alpha value is -2.38. The number of fused-ring (bicyclic) bond motifs is 3. The summed E-state index contributed by atoms with van der Waals surface area (Å²) in [7, 11) is 0. The smallest absolute Gasteiger partial charge is 0.251 e. The fourth-order valence-corrected chi connectivity index (χ4v) is 3.75. The first kappa shape index (κ1) is 13.3. The Labute approximate surface area is 129 Å². The zero-order valence-electron chi connectivity index (χ0n) is 12.2. The van der Waals surface area contributed by atoms with E-state index >= 15 is 0 Å². The first-order valence-electron chi connectivity index (χ1n) is 7.74. The highest BCUT2D eigenvalue weighted by Gasteiger charge is 2.39. The molecule has 3 atom stereocenters. The Kier molecular flexibility index (Phi) is 3.09. The van der Waals surface area contributed by atoms with E-state index in [4.69, 9.17) is 0 Å². The quantitative estimate of drug-likeness (QED) is 0.892. The maximum Gasteiger partial charge on any atom is 0.251 e. The van der Waals surface area contributed by atoms with Gasteiger partial charge >= 0.3 is 0 Å². The molecule has 2 N–H and O–H groups in total. The molecule has 2 aliphatic rings. The molecule has 0 radical (unpaired) electrons. The molecule has 0 aliphatic carbocycles. The first-order chi connectivity index (χ1) is 10.7. The topological polar surface area (TPSA) is 64.9 Å². The minimum Gasteiger partial charge on any atom is -0.348 e. The lowest BCUT2D eigenvalue weighted by molar-refractivity contribution is 0.0931. The van der Waals surface area contributed by atoms with Crippen LogP contribution in [0, 0.1) is 11.3 Å². The Morgan fingerprint density at radius 1 is 1.27 bits per heavy atom. The maximum atomic E-state index is 12.5. The van der Waals surface area contributed by atoms with Crippen LogP contribution in [-0.4, -0.2) is 24.0 Å². The van der Waals surface area contributed by atoms with Crippen LogP contribution < -0.4 is 10.6 Å². The van der Waals surface area contributed by atoms with Crippen LogP contribution in [0.4, 0.5) is 0 Å². The first-order valence-corrected chi connectivity index (χ1v) is 7.74. The number of carbonyl (C=O) groups is 1. The molecule has 1 amide bonds. The van der Waals surface area contributed by atoms with Crippen molar-refractivity contribution in [2.75, 3.05) is 0 Å². The van der Waals surface area contributed by atoms with Gasteiger partial charge in [-0.05, 0) is 42.8 Å². The van der Waals surface area contributed by atoms with E-state index in [1.807, 2.05) is 30.3 Å². The largest absolute Gasteiger partial charge is 0.348 e. The van der Waals surface area contributed by atoms with Crippen molar-refractivity contribution in [3.05, 3.63) is 47.5 Å². The molecular formula is C18H17N3O. The third-order valence-corrected chi connectivity index (χ3v) is 4.88. The molecule has 2 aromatic rings. The summed E-state index contributed by atoms with van der Waals surface area (Å²) in [5, 5.41) is 17.7. The molecule has 4 rings (SSSR count). The fraction of sp³-hybridized carbons (Fsp3) is 0.333. The SMILES string of the molecule is N#Cc1cccc2ccc(C(=O)N[C@@H]3C[C@H]4CC[C@@H]3N4)cc12. The molecule has 2 aliphatic heterocycles. The van der Waals surface area contributed by atoms with E-state index in [1.165, 1.54) is 6.42 Å². The van der Waals surface area contributed by atoms with Crippen molar-refractivity contribution < 1.29 is 4.79 Å². The standard InChI is InChI=1S/C18H17N3O/c19-10-13-3-1-2-11-4-5-12(8-15(11)13)18(22)21-17-9-14-6-7-16(17)20-14/h1-5,8,14,16-17,20H,6-7,9H2,(H,21,22)/t14-,16+,17-/m1/s1. The van der Waals surface area contributed by atoms with Crippen molar-refractivity contribution >= 4 is 16.7 Å². The number of benzene rings is 2. The zero-order valence-corrected chi connectivity index (χ0v) is 12.2. The zero-order chi connectivity index (χ0) is 15.1. The Bertz CT molecular complexity index is 793. The van der Waals surface area contributed by atoms with E-state index in [-0.39, 0.29) is 11.9 Å². The second-order valence-electron chi connectivity index (χ2n) is 6.22. The van der Waals surface area contributed by atoms with Gasteiger partial charge in [0.1, 0.15) is 0 Å². The van der Waals surface area contributed by atoms with Gasteiger partial charge in [0.2, 0.25) is 0 Å². The van der Waals surface area contributed by atoms with Gasteiger partial charge in [-0.25, -0.2) is 0 Å². The van der Waals surface area contributed by atoms with Gasteiger partial charge in [0, 0.05) is 29.1 Å². The van der Waals surface area contributed by atoms with Crippen LogP contribution in [0.5, 0.6) is 0 Å². The lowest BCUT2D eigenvalue weighted by Crippen LogP contribution is -2.42. The second-order valence-corrected chi connectivity index (χ2v) is 6.22. The van der Waals surface area contributed by atoms with Crippen molar-refractivity contribution in [2.45, 2.75) is 37.4 Å². The number of nitrogens with zero attached hydrogens (tertiary/aromatic N) is 1. The van der Waals surface area contributed by atoms with E-state index < -0.39 is 0 Å². The number of hydrogen-bond donors (Lipinski definition) is 2. The molecule has 22 heavy (non-hydrogen) atoms. The summed E-state index contributed by atoms with van der Waals surface area (Å²) in [5.41, 5.74) is 1.23. The Morgan fingerprint density at radius 3 is 2.91 bits per heavy atom. The summed E-state index contributed by atoms with van der Waals surface area (Å²) in [6.45, 7) is 0. The normalized spacial score (nSPS) is 26.0. The van der Waals surface area contributed by atoms with Crippen molar-refractivity contribution in [2.24, 2.45) is 0 Å². The Balaban J connectivity index is 1.61. The van der Waals surface area contributed by atoms with Crippen LogP contribution >= 0.6 is 0 Å². The van der Waals surface area contributed by atoms with Gasteiger partial charge in [0.25, 0.3) is 5.91 Å². The molecule has 4 nitrogen and oxygen atoms in total. The van der Waals surface area contributed by atoms with Gasteiger partial charge in [-0.3, -0.25) is 4.79 Å². The van der Waals surface area contributed by atoms with E-state index in [2.05, 4.69) is 16.7 Å². The van der Waals surface area contributed by atoms with Crippen LogP contribution in [0.15, 0.2) is 36.4 Å². The van der Waals surface area contributed by atoms with Crippen LogP contribution in [0.2, 0.25) is 0 Å². The average Bonchev–Trinajstić information content (AvgIpc) is 3.16. The monoisotopic (exact) mass is 291 g/mol. The highest BCUT2D eigenvalue weighted by molar-refractivity contribution is 6.00. The van der Waals surface area contributed by atoms with Crippen molar-refractivity contribution in [3.63, 3.8) is 0 Å². The van der Waals surface area contributed by atoms with Gasteiger partial charge in [-0.15, -0.1) is 0 Å². The maximum absolute atomic E-state index is 12.5. The molecule has 0 saturated carbocycles. The molecule has 0 unspecified atom stereocenters. The van der Waals surface area contributed by atoms with Gasteiger partial charge < -0.3 is 10.6 Å². The van der Waals surface area contributed by atoms with E-state index in [9.17, 15) is 10.1 Å². The van der Waals surface area contributed by atoms with E-state index in [0.29, 0.717) is 23.2 Å². The minimum absolute atomic E-state index is 0.0472. The lowest BCUT2D eigenvalue weighted by atomic mass is 9.95. The number of nitrogens with one attached hydrogen (secondary N) is 2. The van der Waals surface area contributed by atoms with Gasteiger partial charge in [-0.1, -0.05) is 18.2 Å². The summed E-state index contributed by atoms with van der Waals surface area (Å²) in [6, 6.07) is 14.6. The van der Waals surface area contributed by atoms with Gasteiger partial charge in [-0.2, -0.15) is 5.26 Å². The van der Waals surface area contributed by atoms with Crippen molar-refractivity contribution in [3.8, 4) is 6.07 Å². The van der Waals surface area contributed by atoms with Crippen LogP contribution in [0.25, 0.3) is 10.8 Å². The summed E-state index contributed by atoms with van der Waals surface area (Å²) in [5.74, 6) is -0.0472. The number of nitriles is 1. The summed E-state index contributed by atoms with van der Waals surface area (Å²) in [4.78, 5) is 12.5. The number of amides is 1. The molecule has 2 aromatic carbocycles. The predicted octanol–water partition coefficient (Wildman–Crippen LogP) is 2.33. The molecule has 2 fully saturated rings. The van der Waals surface area contributed by atoms with E-state index in [1.54, 1.807) is 6.07 Å². The third kappa shape index (κ3) is 2.15. The molecule has 110 valence electrons. The molecular weight excluding hydrogens is 274 g/mol.